The monoisotopic (exact) mass is 507 g/mol. The molecule has 146 valence electrons. The molecule has 0 fully saturated rings. The fourth-order valence-corrected chi connectivity index (χ4v) is 3.77. The van der Waals surface area contributed by atoms with Crippen molar-refractivity contribution in [3.05, 3.63) is 85.9 Å². The molecule has 0 aliphatic rings. The molecule has 5 heteroatoms. The van der Waals surface area contributed by atoms with E-state index in [0.29, 0.717) is 13.2 Å². The predicted molar refractivity (Wildman–Crippen MR) is 125 cm³/mol. The SMILES string of the molecule is CCOc1cc(CNc2cccc(C)c2)cc(I)c1OCc1ccc(Cl)cc1. The van der Waals surface area contributed by atoms with Gasteiger partial charge in [0.2, 0.25) is 0 Å². The van der Waals surface area contributed by atoms with Gasteiger partial charge in [-0.3, -0.25) is 0 Å². The highest BCUT2D eigenvalue weighted by molar-refractivity contribution is 14.1. The summed E-state index contributed by atoms with van der Waals surface area (Å²) in [6.07, 6.45) is 0. The molecule has 0 atom stereocenters. The molecule has 1 N–H and O–H groups in total. The van der Waals surface area contributed by atoms with Crippen LogP contribution in [0.4, 0.5) is 5.69 Å². The minimum Gasteiger partial charge on any atom is -0.490 e. The van der Waals surface area contributed by atoms with Crippen LogP contribution in [0.1, 0.15) is 23.6 Å². The largest absolute Gasteiger partial charge is 0.490 e. The molecule has 0 amide bonds. The summed E-state index contributed by atoms with van der Waals surface area (Å²) in [5.41, 5.74) is 4.55. The van der Waals surface area contributed by atoms with Gasteiger partial charge in [0.25, 0.3) is 0 Å². The van der Waals surface area contributed by atoms with Gasteiger partial charge < -0.3 is 14.8 Å². The summed E-state index contributed by atoms with van der Waals surface area (Å²) in [4.78, 5) is 0. The summed E-state index contributed by atoms with van der Waals surface area (Å²) in [5, 5.41) is 4.19. The lowest BCUT2D eigenvalue weighted by Gasteiger charge is -2.16. The Morgan fingerprint density at radius 1 is 0.964 bits per heavy atom. The third kappa shape index (κ3) is 5.79. The lowest BCUT2D eigenvalue weighted by molar-refractivity contribution is 0.267. The number of ether oxygens (including phenoxy) is 2. The molecule has 0 radical (unpaired) electrons. The number of benzene rings is 3. The summed E-state index contributed by atoms with van der Waals surface area (Å²) in [5.74, 6) is 1.54. The number of halogens is 2. The average Bonchev–Trinajstić information content (AvgIpc) is 2.67. The first-order valence-electron chi connectivity index (χ1n) is 9.18. The van der Waals surface area contributed by atoms with Gasteiger partial charge in [0.15, 0.2) is 11.5 Å². The Morgan fingerprint density at radius 2 is 1.75 bits per heavy atom. The Labute approximate surface area is 185 Å². The van der Waals surface area contributed by atoms with Crippen molar-refractivity contribution in [3.8, 4) is 11.5 Å². The van der Waals surface area contributed by atoms with Gasteiger partial charge in [-0.05, 0) is 89.5 Å². The molecule has 0 unspecified atom stereocenters. The van der Waals surface area contributed by atoms with Crippen LogP contribution in [0, 0.1) is 10.5 Å². The van der Waals surface area contributed by atoms with E-state index in [1.54, 1.807) is 0 Å². The fourth-order valence-electron chi connectivity index (χ4n) is 2.82. The van der Waals surface area contributed by atoms with Gasteiger partial charge in [0.1, 0.15) is 6.61 Å². The normalized spacial score (nSPS) is 10.6. The van der Waals surface area contributed by atoms with Gasteiger partial charge in [-0.15, -0.1) is 0 Å². The van der Waals surface area contributed by atoms with Crippen molar-refractivity contribution in [3.63, 3.8) is 0 Å². The number of hydrogen-bond donors (Lipinski definition) is 1. The van der Waals surface area contributed by atoms with Crippen LogP contribution in [0.5, 0.6) is 11.5 Å². The lowest BCUT2D eigenvalue weighted by Crippen LogP contribution is -2.05. The van der Waals surface area contributed by atoms with Crippen LogP contribution < -0.4 is 14.8 Å². The van der Waals surface area contributed by atoms with Gasteiger partial charge >= 0.3 is 0 Å². The number of anilines is 1. The quantitative estimate of drug-likeness (QED) is 0.339. The Kier molecular flexibility index (Phi) is 7.45. The van der Waals surface area contributed by atoms with Crippen LogP contribution in [0.2, 0.25) is 5.02 Å². The van der Waals surface area contributed by atoms with Crippen LogP contribution in [0.25, 0.3) is 0 Å². The van der Waals surface area contributed by atoms with Crippen molar-refractivity contribution in [2.24, 2.45) is 0 Å². The van der Waals surface area contributed by atoms with Crippen molar-refractivity contribution < 1.29 is 9.47 Å². The molecule has 0 spiro atoms. The topological polar surface area (TPSA) is 30.5 Å². The number of rotatable bonds is 8. The summed E-state index contributed by atoms with van der Waals surface area (Å²) >= 11 is 8.26. The first-order chi connectivity index (χ1) is 13.5. The molecule has 3 aromatic carbocycles. The standard InChI is InChI=1S/C23H23ClINO2/c1-3-27-22-13-18(14-26-20-6-4-5-16(2)11-20)12-21(25)23(22)28-15-17-7-9-19(24)10-8-17/h4-13,26H,3,14-15H2,1-2H3. The van der Waals surface area contributed by atoms with Gasteiger partial charge in [0, 0.05) is 17.3 Å². The Hall–Kier alpha value is -1.92. The summed E-state index contributed by atoms with van der Waals surface area (Å²) < 4.78 is 13.0. The molecule has 0 aromatic heterocycles. The van der Waals surface area contributed by atoms with Crippen molar-refractivity contribution in [1.82, 2.24) is 0 Å². The zero-order chi connectivity index (χ0) is 19.9. The Bertz CT molecular complexity index is 928. The minimum absolute atomic E-state index is 0.466. The van der Waals surface area contributed by atoms with Gasteiger partial charge in [-0.25, -0.2) is 0 Å². The van der Waals surface area contributed by atoms with E-state index in [1.807, 2.05) is 37.3 Å². The molecular weight excluding hydrogens is 485 g/mol. The molecule has 0 bridgehead atoms. The molecule has 0 aliphatic heterocycles. The van der Waals surface area contributed by atoms with E-state index < -0.39 is 0 Å². The second-order valence-corrected chi connectivity index (χ2v) is 8.07. The van der Waals surface area contributed by atoms with Crippen molar-refractivity contribution >= 4 is 39.9 Å². The third-order valence-electron chi connectivity index (χ3n) is 4.18. The van der Waals surface area contributed by atoms with Gasteiger partial charge in [-0.1, -0.05) is 35.9 Å². The van der Waals surface area contributed by atoms with Gasteiger partial charge in [-0.2, -0.15) is 0 Å². The van der Waals surface area contributed by atoms with Crippen molar-refractivity contribution in [1.29, 1.82) is 0 Å². The molecule has 3 rings (SSSR count). The van der Waals surface area contributed by atoms with E-state index in [-0.39, 0.29) is 0 Å². The van der Waals surface area contributed by atoms with Crippen LogP contribution in [0.3, 0.4) is 0 Å². The molecule has 0 aliphatic carbocycles. The fraction of sp³-hybridized carbons (Fsp3) is 0.217. The Balaban J connectivity index is 1.74. The number of hydrogen-bond acceptors (Lipinski definition) is 3. The number of nitrogens with one attached hydrogen (secondary N) is 1. The second-order valence-electron chi connectivity index (χ2n) is 6.48. The summed E-state index contributed by atoms with van der Waals surface area (Å²) in [6.45, 7) is 5.84. The lowest BCUT2D eigenvalue weighted by atomic mass is 10.1. The van der Waals surface area contributed by atoms with Crippen LogP contribution in [0.15, 0.2) is 60.7 Å². The third-order valence-corrected chi connectivity index (χ3v) is 5.23. The van der Waals surface area contributed by atoms with E-state index in [9.17, 15) is 0 Å². The average molecular weight is 508 g/mol. The highest BCUT2D eigenvalue weighted by Crippen LogP contribution is 2.35. The maximum Gasteiger partial charge on any atom is 0.174 e. The summed E-state index contributed by atoms with van der Waals surface area (Å²) in [6, 6.07) is 20.2. The first-order valence-corrected chi connectivity index (χ1v) is 10.6. The van der Waals surface area contributed by atoms with Crippen molar-refractivity contribution in [2.75, 3.05) is 11.9 Å². The minimum atomic E-state index is 0.466. The van der Waals surface area contributed by atoms with Crippen LogP contribution >= 0.6 is 34.2 Å². The van der Waals surface area contributed by atoms with E-state index >= 15 is 0 Å². The van der Waals surface area contributed by atoms with E-state index in [4.69, 9.17) is 21.1 Å². The molecule has 3 aromatic rings. The first kappa shape index (κ1) is 20.8. The van der Waals surface area contributed by atoms with Crippen LogP contribution in [-0.4, -0.2) is 6.61 Å². The second kappa shape index (κ2) is 10.0. The molecule has 0 heterocycles. The maximum absolute atomic E-state index is 6.08. The van der Waals surface area contributed by atoms with E-state index in [0.717, 1.165) is 43.5 Å². The Morgan fingerprint density at radius 3 is 2.46 bits per heavy atom. The van der Waals surface area contributed by atoms with E-state index in [2.05, 4.69) is 65.2 Å². The molecule has 3 nitrogen and oxygen atoms in total. The number of aryl methyl sites for hydroxylation is 1. The highest BCUT2D eigenvalue weighted by Gasteiger charge is 2.13. The maximum atomic E-state index is 6.08. The molecule has 28 heavy (non-hydrogen) atoms. The molecular formula is C23H23ClINO2. The van der Waals surface area contributed by atoms with Gasteiger partial charge in [0.05, 0.1) is 10.2 Å². The van der Waals surface area contributed by atoms with Crippen molar-refractivity contribution in [2.45, 2.75) is 27.0 Å². The zero-order valence-corrected chi connectivity index (χ0v) is 18.9. The smallest absolute Gasteiger partial charge is 0.174 e. The zero-order valence-electron chi connectivity index (χ0n) is 16.0. The molecule has 0 saturated heterocycles. The van der Waals surface area contributed by atoms with Crippen LogP contribution in [-0.2, 0) is 13.2 Å². The summed E-state index contributed by atoms with van der Waals surface area (Å²) in [7, 11) is 0. The predicted octanol–water partition coefficient (Wildman–Crippen LogP) is 6.84. The van der Waals surface area contributed by atoms with E-state index in [1.165, 1.54) is 5.56 Å². The highest BCUT2D eigenvalue weighted by atomic mass is 127. The molecule has 0 saturated carbocycles.